The molecule has 0 saturated carbocycles. The molecule has 6 nitrogen and oxygen atoms in total. The zero-order valence-corrected chi connectivity index (χ0v) is 19.8. The van der Waals surface area contributed by atoms with Crippen LogP contribution in [0.2, 0.25) is 0 Å². The summed E-state index contributed by atoms with van der Waals surface area (Å²) in [4.78, 5) is 24.3. The Balaban J connectivity index is 0.00000280. The summed E-state index contributed by atoms with van der Waals surface area (Å²) in [7, 11) is 3.22. The molecule has 0 amide bonds. The second-order valence-corrected chi connectivity index (χ2v) is 7.89. The van der Waals surface area contributed by atoms with E-state index in [9.17, 15) is 4.79 Å². The van der Waals surface area contributed by atoms with Crippen LogP contribution in [0.25, 0.3) is 10.6 Å². The van der Waals surface area contributed by atoms with Crippen LogP contribution in [0.4, 0.5) is 0 Å². The number of nitrogens with zero attached hydrogens (tertiary/aromatic N) is 3. The fourth-order valence-corrected chi connectivity index (χ4v) is 4.39. The molecule has 3 rings (SSSR count). The number of methoxy groups -OCH3 is 1. The van der Waals surface area contributed by atoms with Crippen LogP contribution in [0.1, 0.15) is 17.5 Å². The number of guanidine groups is 1. The SMILES string of the molecule is CN=C(NCc1sc(-c2ccccc2)nc1C)N1CC(C)C(C(=O)OC)C1.I. The van der Waals surface area contributed by atoms with Crippen molar-refractivity contribution in [3.8, 4) is 10.6 Å². The number of nitrogens with one attached hydrogen (secondary N) is 1. The molecule has 2 heterocycles. The summed E-state index contributed by atoms with van der Waals surface area (Å²) >= 11 is 1.70. The van der Waals surface area contributed by atoms with E-state index in [1.54, 1.807) is 18.4 Å². The number of aliphatic imine (C=N–C) groups is 1. The predicted molar refractivity (Wildman–Crippen MR) is 124 cm³/mol. The number of rotatable bonds is 4. The second-order valence-electron chi connectivity index (χ2n) is 6.81. The molecule has 152 valence electrons. The van der Waals surface area contributed by atoms with Crippen molar-refractivity contribution in [3.63, 3.8) is 0 Å². The summed E-state index contributed by atoms with van der Waals surface area (Å²) in [5, 5.41) is 4.45. The molecule has 0 spiro atoms. The molecule has 0 radical (unpaired) electrons. The molecule has 2 aromatic rings. The van der Waals surface area contributed by atoms with E-state index in [1.807, 2.05) is 25.1 Å². The summed E-state index contributed by atoms with van der Waals surface area (Å²) < 4.78 is 4.92. The van der Waals surface area contributed by atoms with Crippen molar-refractivity contribution in [2.45, 2.75) is 20.4 Å². The van der Waals surface area contributed by atoms with Crippen molar-refractivity contribution in [2.75, 3.05) is 27.2 Å². The van der Waals surface area contributed by atoms with Crippen LogP contribution in [0.3, 0.4) is 0 Å². The van der Waals surface area contributed by atoms with Crippen LogP contribution < -0.4 is 5.32 Å². The van der Waals surface area contributed by atoms with Gasteiger partial charge in [0.15, 0.2) is 5.96 Å². The number of likely N-dealkylation sites (tertiary alicyclic amines) is 1. The molecule has 1 N–H and O–H groups in total. The average Bonchev–Trinajstić information content (AvgIpc) is 3.25. The van der Waals surface area contributed by atoms with Crippen molar-refractivity contribution >= 4 is 47.2 Å². The highest BCUT2D eigenvalue weighted by Gasteiger charge is 2.36. The molecule has 0 aliphatic carbocycles. The van der Waals surface area contributed by atoms with E-state index in [0.29, 0.717) is 13.1 Å². The van der Waals surface area contributed by atoms with E-state index in [4.69, 9.17) is 9.72 Å². The first-order valence-corrected chi connectivity index (χ1v) is 9.90. The summed E-state index contributed by atoms with van der Waals surface area (Å²) in [5.41, 5.74) is 2.17. The Bertz CT molecular complexity index is 825. The first-order chi connectivity index (χ1) is 13.0. The smallest absolute Gasteiger partial charge is 0.310 e. The number of carbonyl (C=O) groups excluding carboxylic acids is 1. The Morgan fingerprint density at radius 1 is 1.36 bits per heavy atom. The molecule has 1 saturated heterocycles. The van der Waals surface area contributed by atoms with E-state index in [1.165, 1.54) is 12.0 Å². The molecule has 2 unspecified atom stereocenters. The fraction of sp³-hybridized carbons (Fsp3) is 0.450. The first kappa shape index (κ1) is 22.6. The number of aryl methyl sites for hydroxylation is 1. The van der Waals surface area contributed by atoms with Gasteiger partial charge in [0, 0.05) is 30.6 Å². The van der Waals surface area contributed by atoms with Crippen molar-refractivity contribution in [1.82, 2.24) is 15.2 Å². The number of ether oxygens (including phenoxy) is 1. The molecular weight excluding hydrogens is 487 g/mol. The molecule has 0 bridgehead atoms. The van der Waals surface area contributed by atoms with Gasteiger partial charge in [0.2, 0.25) is 0 Å². The van der Waals surface area contributed by atoms with Gasteiger partial charge in [-0.05, 0) is 12.8 Å². The van der Waals surface area contributed by atoms with Crippen LogP contribution in [0.15, 0.2) is 35.3 Å². The predicted octanol–water partition coefficient (Wildman–Crippen LogP) is 3.55. The highest BCUT2D eigenvalue weighted by molar-refractivity contribution is 14.0. The quantitative estimate of drug-likeness (QED) is 0.293. The number of benzene rings is 1. The average molecular weight is 514 g/mol. The maximum atomic E-state index is 11.9. The molecule has 28 heavy (non-hydrogen) atoms. The largest absolute Gasteiger partial charge is 0.469 e. The normalized spacial score (nSPS) is 19.3. The third kappa shape index (κ3) is 5.02. The first-order valence-electron chi connectivity index (χ1n) is 9.08. The Kier molecular flexibility index (Phi) is 8.23. The Morgan fingerprint density at radius 3 is 2.71 bits per heavy atom. The molecule has 1 aliphatic rings. The van der Waals surface area contributed by atoms with Crippen molar-refractivity contribution < 1.29 is 9.53 Å². The van der Waals surface area contributed by atoms with Crippen LogP contribution in [-0.2, 0) is 16.1 Å². The number of carbonyl (C=O) groups is 1. The summed E-state index contributed by atoms with van der Waals surface area (Å²) in [6.07, 6.45) is 0. The van der Waals surface area contributed by atoms with E-state index < -0.39 is 0 Å². The number of hydrogen-bond donors (Lipinski definition) is 1. The lowest BCUT2D eigenvalue weighted by atomic mass is 9.99. The standard InChI is InChI=1S/C20H26N4O2S.HI/c1-13-11-24(12-16(13)19(25)26-4)20(21-3)22-10-17-14(2)23-18(27-17)15-8-6-5-7-9-15;/h5-9,13,16H,10-12H2,1-4H3,(H,21,22);1H. The maximum absolute atomic E-state index is 11.9. The van der Waals surface area contributed by atoms with Gasteiger partial charge in [0.25, 0.3) is 0 Å². The zero-order valence-electron chi connectivity index (χ0n) is 16.6. The lowest BCUT2D eigenvalue weighted by Crippen LogP contribution is -2.40. The van der Waals surface area contributed by atoms with E-state index in [0.717, 1.165) is 28.8 Å². The van der Waals surface area contributed by atoms with Crippen LogP contribution >= 0.6 is 35.3 Å². The molecule has 8 heteroatoms. The maximum Gasteiger partial charge on any atom is 0.310 e. The molecular formula is C20H27IN4O2S. The number of halogens is 1. The summed E-state index contributed by atoms with van der Waals surface area (Å²) in [6, 6.07) is 10.2. The van der Waals surface area contributed by atoms with Gasteiger partial charge in [-0.25, -0.2) is 4.98 Å². The van der Waals surface area contributed by atoms with Crippen LogP contribution in [0, 0.1) is 18.8 Å². The van der Waals surface area contributed by atoms with Crippen molar-refractivity contribution in [1.29, 1.82) is 0 Å². The Morgan fingerprint density at radius 2 is 2.07 bits per heavy atom. The molecule has 1 aromatic carbocycles. The lowest BCUT2D eigenvalue weighted by Gasteiger charge is -2.21. The van der Waals surface area contributed by atoms with Crippen molar-refractivity contribution in [2.24, 2.45) is 16.8 Å². The molecule has 2 atom stereocenters. The van der Waals surface area contributed by atoms with Crippen molar-refractivity contribution in [3.05, 3.63) is 40.9 Å². The van der Waals surface area contributed by atoms with Gasteiger partial charge in [-0.1, -0.05) is 37.3 Å². The second kappa shape index (κ2) is 10.2. The minimum atomic E-state index is -0.147. The van der Waals surface area contributed by atoms with Gasteiger partial charge >= 0.3 is 5.97 Å². The molecule has 1 aliphatic heterocycles. The molecule has 1 fully saturated rings. The monoisotopic (exact) mass is 514 g/mol. The minimum Gasteiger partial charge on any atom is -0.469 e. The lowest BCUT2D eigenvalue weighted by molar-refractivity contribution is -0.145. The number of hydrogen-bond acceptors (Lipinski definition) is 5. The van der Waals surface area contributed by atoms with E-state index in [-0.39, 0.29) is 41.8 Å². The van der Waals surface area contributed by atoms with Gasteiger partial charge in [0.1, 0.15) is 5.01 Å². The zero-order chi connectivity index (χ0) is 19.4. The van der Waals surface area contributed by atoms with E-state index in [2.05, 4.69) is 34.3 Å². The summed E-state index contributed by atoms with van der Waals surface area (Å²) in [5.74, 6) is 0.794. The topological polar surface area (TPSA) is 66.8 Å². The third-order valence-electron chi connectivity index (χ3n) is 4.95. The van der Waals surface area contributed by atoms with Gasteiger partial charge in [0.05, 0.1) is 25.3 Å². The molecule has 1 aromatic heterocycles. The van der Waals surface area contributed by atoms with Gasteiger partial charge < -0.3 is 15.0 Å². The van der Waals surface area contributed by atoms with Crippen LogP contribution in [-0.4, -0.2) is 49.1 Å². The minimum absolute atomic E-state index is 0. The number of thiazole rings is 1. The van der Waals surface area contributed by atoms with Crippen LogP contribution in [0.5, 0.6) is 0 Å². The Hall–Kier alpha value is -1.68. The van der Waals surface area contributed by atoms with E-state index >= 15 is 0 Å². The number of aromatic nitrogens is 1. The van der Waals surface area contributed by atoms with Gasteiger partial charge in [-0.3, -0.25) is 9.79 Å². The third-order valence-corrected chi connectivity index (χ3v) is 6.15. The highest BCUT2D eigenvalue weighted by atomic mass is 127. The Labute approximate surface area is 187 Å². The van der Waals surface area contributed by atoms with Gasteiger partial charge in [-0.2, -0.15) is 0 Å². The summed E-state index contributed by atoms with van der Waals surface area (Å²) in [6.45, 7) is 6.19. The van der Waals surface area contributed by atoms with Gasteiger partial charge in [-0.15, -0.1) is 35.3 Å². The number of esters is 1. The highest BCUT2D eigenvalue weighted by Crippen LogP contribution is 2.28. The fourth-order valence-electron chi connectivity index (χ4n) is 3.39.